The van der Waals surface area contributed by atoms with Crippen LogP contribution in [0.3, 0.4) is 0 Å². The van der Waals surface area contributed by atoms with Crippen molar-refractivity contribution in [2.45, 2.75) is 40.5 Å². The first-order valence-corrected chi connectivity index (χ1v) is 20.8. The van der Waals surface area contributed by atoms with Gasteiger partial charge in [-0.3, -0.25) is 0 Å². The molecule has 4 heteroatoms. The van der Waals surface area contributed by atoms with Gasteiger partial charge in [-0.05, 0) is 30.2 Å². The molecule has 1 aliphatic heterocycles. The first-order chi connectivity index (χ1) is 18.9. The average Bonchev–Trinajstić information content (AvgIpc) is 3.50. The summed E-state index contributed by atoms with van der Waals surface area (Å²) < 4.78 is 0. The molecule has 0 nitrogen and oxygen atoms in total. The zero-order valence-corrected chi connectivity index (χ0v) is 28.0. The third kappa shape index (κ3) is 7.89. The predicted octanol–water partition coefficient (Wildman–Crippen LogP) is 9.12. The SMILES string of the molecule is CC(C)Cc1cc2c(-c3ccccc3)c(CC(C)C)ccc2[cH-]1.[Cl][Zr+2][Cl].[c-]1cccc2c1[Si]c1ccccc1-2. The van der Waals surface area contributed by atoms with Crippen molar-refractivity contribution in [3.63, 3.8) is 0 Å². The Morgan fingerprint density at radius 3 is 2.18 bits per heavy atom. The second kappa shape index (κ2) is 14.7. The van der Waals surface area contributed by atoms with E-state index < -0.39 is 20.8 Å². The van der Waals surface area contributed by atoms with Crippen LogP contribution in [0, 0.1) is 17.9 Å². The summed E-state index contributed by atoms with van der Waals surface area (Å²) in [6, 6.07) is 38.5. The molecule has 1 heterocycles. The van der Waals surface area contributed by atoms with Gasteiger partial charge in [0, 0.05) is 0 Å². The summed E-state index contributed by atoms with van der Waals surface area (Å²) in [6.07, 6.45) is 2.29. The molecule has 0 atom stereocenters. The molecule has 0 bridgehead atoms. The fourth-order valence-corrected chi connectivity index (χ4v) is 6.57. The van der Waals surface area contributed by atoms with Gasteiger partial charge in [0.1, 0.15) is 0 Å². The van der Waals surface area contributed by atoms with E-state index in [1.165, 1.54) is 54.5 Å². The quantitative estimate of drug-likeness (QED) is 0.130. The van der Waals surface area contributed by atoms with Gasteiger partial charge >= 0.3 is 37.9 Å². The van der Waals surface area contributed by atoms with Crippen molar-refractivity contribution in [1.29, 1.82) is 0 Å². The Kier molecular flexibility index (Phi) is 11.4. The predicted molar refractivity (Wildman–Crippen MR) is 170 cm³/mol. The third-order valence-corrected chi connectivity index (χ3v) is 8.07. The number of rotatable bonds is 5. The van der Waals surface area contributed by atoms with Crippen LogP contribution in [0.5, 0.6) is 0 Å². The molecule has 0 saturated heterocycles. The molecule has 5 aromatic rings. The molecule has 0 unspecified atom stereocenters. The minimum atomic E-state index is -0.826. The normalized spacial score (nSPS) is 11.3. The largest absolute Gasteiger partial charge is 0.184 e. The topological polar surface area (TPSA) is 0 Å². The van der Waals surface area contributed by atoms with Crippen LogP contribution in [0.4, 0.5) is 0 Å². The minimum absolute atomic E-state index is 0.667. The summed E-state index contributed by atoms with van der Waals surface area (Å²) in [6.45, 7) is 9.18. The van der Waals surface area contributed by atoms with Crippen molar-refractivity contribution in [3.8, 4) is 22.3 Å². The van der Waals surface area contributed by atoms with E-state index in [9.17, 15) is 0 Å². The fraction of sp³-hybridized carbons (Fsp3) is 0.229. The molecule has 0 saturated carbocycles. The summed E-state index contributed by atoms with van der Waals surface area (Å²) in [4.78, 5) is 0. The molecule has 6 rings (SSSR count). The summed E-state index contributed by atoms with van der Waals surface area (Å²) in [5.74, 6) is 1.36. The van der Waals surface area contributed by atoms with E-state index in [0.29, 0.717) is 11.8 Å². The number of benzene rings is 4. The van der Waals surface area contributed by atoms with Crippen LogP contribution in [0.15, 0.2) is 97.1 Å². The first-order valence-electron chi connectivity index (χ1n) is 13.5. The van der Waals surface area contributed by atoms with Crippen molar-refractivity contribution >= 4 is 47.7 Å². The Labute approximate surface area is 255 Å². The summed E-state index contributed by atoms with van der Waals surface area (Å²) in [5, 5.41) is 5.63. The molecule has 0 spiro atoms. The Bertz CT molecular complexity index is 1440. The van der Waals surface area contributed by atoms with Crippen LogP contribution in [0.25, 0.3) is 33.0 Å². The van der Waals surface area contributed by atoms with Crippen LogP contribution < -0.4 is 10.4 Å². The number of hydrogen-bond acceptors (Lipinski definition) is 0. The van der Waals surface area contributed by atoms with E-state index in [0.717, 1.165) is 22.4 Å². The number of hydrogen-bond donors (Lipinski definition) is 0. The van der Waals surface area contributed by atoms with Crippen molar-refractivity contribution in [1.82, 2.24) is 0 Å². The van der Waals surface area contributed by atoms with Crippen LogP contribution in [0.1, 0.15) is 38.8 Å². The van der Waals surface area contributed by atoms with Gasteiger partial charge in [-0.15, -0.1) is 40.1 Å². The maximum atomic E-state index is 4.93. The second-order valence-electron chi connectivity index (χ2n) is 10.7. The maximum absolute atomic E-state index is 4.93. The van der Waals surface area contributed by atoms with Gasteiger partial charge in [0.2, 0.25) is 0 Å². The van der Waals surface area contributed by atoms with Gasteiger partial charge in [-0.25, -0.2) is 0 Å². The van der Waals surface area contributed by atoms with Gasteiger partial charge in [0.15, 0.2) is 0 Å². The molecular weight excluding hydrogens is 611 g/mol. The van der Waals surface area contributed by atoms with Gasteiger partial charge in [0.25, 0.3) is 0 Å². The number of halogens is 2. The Balaban J connectivity index is 0.000000184. The van der Waals surface area contributed by atoms with Gasteiger partial charge < -0.3 is 0 Å². The molecule has 0 N–H and O–H groups in total. The van der Waals surface area contributed by atoms with E-state index in [1.807, 2.05) is 6.07 Å². The second-order valence-corrected chi connectivity index (χ2v) is 15.7. The van der Waals surface area contributed by atoms with Crippen LogP contribution in [-0.4, -0.2) is 9.52 Å². The standard InChI is InChI=1S/C23H27.C12H7Si.2ClH.Zr/c1-16(2)12-18-14-20-10-11-21(13-17(3)4)23(22(20)15-18)19-8-6-5-7-9-19;1-3-7-11-9(5-1)10-6-2-4-8-12(10)13-11;;;/h5-11,14-17H,12-13H2,1-4H3;1-7H;2*1H;/q2*-1;;;+4/p-2. The molecule has 5 aromatic carbocycles. The van der Waals surface area contributed by atoms with Gasteiger partial charge in [0.05, 0.1) is 9.52 Å². The zero-order chi connectivity index (χ0) is 27.8. The smallest absolute Gasteiger partial charge is 0.0920 e. The van der Waals surface area contributed by atoms with Crippen molar-refractivity contribution in [2.24, 2.45) is 11.8 Å². The monoisotopic (exact) mass is 642 g/mol. The van der Waals surface area contributed by atoms with Crippen molar-refractivity contribution in [3.05, 3.63) is 114 Å². The van der Waals surface area contributed by atoms with Crippen molar-refractivity contribution < 1.29 is 20.8 Å². The van der Waals surface area contributed by atoms with Crippen LogP contribution in [0.2, 0.25) is 0 Å². The zero-order valence-electron chi connectivity index (χ0n) is 23.1. The molecule has 0 amide bonds. The Morgan fingerprint density at radius 2 is 1.46 bits per heavy atom. The van der Waals surface area contributed by atoms with E-state index in [1.54, 1.807) is 0 Å². The maximum Gasteiger partial charge on any atom is 0.0920 e. The summed E-state index contributed by atoms with van der Waals surface area (Å²) in [5.41, 5.74) is 8.49. The average molecular weight is 645 g/mol. The van der Waals surface area contributed by atoms with E-state index in [4.69, 9.17) is 17.0 Å². The first kappa shape index (κ1) is 30.1. The third-order valence-electron chi connectivity index (χ3n) is 6.70. The van der Waals surface area contributed by atoms with E-state index in [-0.39, 0.29) is 0 Å². The Morgan fingerprint density at radius 1 is 0.795 bits per heavy atom. The molecule has 39 heavy (non-hydrogen) atoms. The Hall–Kier alpha value is -1.83. The molecule has 1 aliphatic rings. The fourth-order valence-electron chi connectivity index (χ4n) is 5.26. The molecule has 196 valence electrons. The van der Waals surface area contributed by atoms with Crippen LogP contribution in [-0.2, 0) is 33.7 Å². The summed E-state index contributed by atoms with van der Waals surface area (Å²) in [7, 11) is 10.7. The molecule has 0 aliphatic carbocycles. The van der Waals surface area contributed by atoms with Gasteiger partial charge in [-0.2, -0.15) is 35.5 Å². The molecular formula is C35H34Cl2SiZr. The molecule has 0 fully saturated rings. The van der Waals surface area contributed by atoms with Crippen molar-refractivity contribution in [2.75, 3.05) is 0 Å². The molecule has 2 radical (unpaired) electrons. The van der Waals surface area contributed by atoms with E-state index in [2.05, 4.69) is 125 Å². The number of fused-ring (bicyclic) bond motifs is 4. The van der Waals surface area contributed by atoms with Crippen LogP contribution >= 0.6 is 17.0 Å². The molecule has 0 aromatic heterocycles. The minimum Gasteiger partial charge on any atom is -0.184 e. The van der Waals surface area contributed by atoms with E-state index >= 15 is 0 Å². The van der Waals surface area contributed by atoms with Gasteiger partial charge in [-0.1, -0.05) is 104 Å². The summed E-state index contributed by atoms with van der Waals surface area (Å²) >= 11 is -0.826.